The van der Waals surface area contributed by atoms with Crippen LogP contribution in [0.3, 0.4) is 0 Å². The predicted octanol–water partition coefficient (Wildman–Crippen LogP) is 27.6. The van der Waals surface area contributed by atoms with E-state index in [1.165, 1.54) is 138 Å². The third-order valence-corrected chi connectivity index (χ3v) is 27.0. The molecule has 0 saturated heterocycles. The van der Waals surface area contributed by atoms with E-state index >= 15 is 0 Å². The van der Waals surface area contributed by atoms with Crippen molar-refractivity contribution >= 4 is 43.6 Å². The third kappa shape index (κ3) is 10.7. The van der Waals surface area contributed by atoms with Crippen molar-refractivity contribution in [3.05, 3.63) is 479 Å². The lowest BCUT2D eigenvalue weighted by molar-refractivity contribution is 0.557. The highest BCUT2D eigenvalue weighted by molar-refractivity contribution is 6.14. The minimum absolute atomic E-state index is 0.328. The van der Waals surface area contributed by atoms with E-state index in [2.05, 4.69) is 389 Å². The first kappa shape index (κ1) is 72.4. The van der Waals surface area contributed by atoms with Crippen molar-refractivity contribution in [3.8, 4) is 113 Å². The van der Waals surface area contributed by atoms with E-state index in [1.54, 1.807) is 0 Å². The fourth-order valence-electron chi connectivity index (χ4n) is 21.8. The summed E-state index contributed by atoms with van der Waals surface area (Å²) in [4.78, 5) is 30.6. The Bertz CT molecular complexity index is 7860. The summed E-state index contributed by atoms with van der Waals surface area (Å²) in [6, 6.07) is 149. The average molecular weight is 1590 g/mol. The first-order valence-electron chi connectivity index (χ1n) is 42.8. The molecular formula is C116H80N8. The van der Waals surface area contributed by atoms with Crippen molar-refractivity contribution in [2.45, 2.75) is 49.4 Å². The molecule has 2 aliphatic carbocycles. The van der Waals surface area contributed by atoms with Gasteiger partial charge in [0, 0.05) is 65.8 Å². The molecule has 0 radical (unpaired) electrons. The highest BCUT2D eigenvalue weighted by Crippen LogP contribution is 2.64. The number of aromatic nitrogens is 8. The van der Waals surface area contributed by atoms with Gasteiger partial charge in [0.1, 0.15) is 0 Å². The Morgan fingerprint density at radius 1 is 0.185 bits per heavy atom. The first-order chi connectivity index (χ1) is 61.0. The van der Waals surface area contributed by atoms with Gasteiger partial charge in [-0.1, -0.05) is 404 Å². The van der Waals surface area contributed by atoms with Gasteiger partial charge in [-0.3, -0.25) is 0 Å². The van der Waals surface area contributed by atoms with Crippen LogP contribution in [0, 0.1) is 0 Å². The van der Waals surface area contributed by atoms with E-state index in [1.807, 2.05) is 60.7 Å². The summed E-state index contributed by atoms with van der Waals surface area (Å²) >= 11 is 0. The van der Waals surface area contributed by atoms with Crippen LogP contribution in [-0.4, -0.2) is 39.0 Å². The Balaban J connectivity index is 0.000000140. The molecule has 8 heteroatoms. The molecule has 0 fully saturated rings. The second kappa shape index (κ2) is 28.0. The van der Waals surface area contributed by atoms with Crippen molar-refractivity contribution < 1.29 is 0 Å². The SMILES string of the molecule is CC1(C)c2ccccc2C2(c3ccccc3-n3c4ccccc4c4cccc2c43)c2cccc(-c3cccc(-c4nc(-c5ccccc5)nc(-c5ccc(-c6ccccc6)cc5)n4)c3)c21.CC1(C)c2ccccc2C2(c3ccccc3-n3c4ccccc4c4cccc2c43)c2cccc(-c3cccc(-c4nc(-c5ccccc5)nc(-c5ccccc5)n4)c3)c21. The molecule has 8 nitrogen and oxygen atoms in total. The smallest absolute Gasteiger partial charge is 0.164 e. The Hall–Kier alpha value is -15.6. The lowest BCUT2D eigenvalue weighted by Gasteiger charge is -2.50. The van der Waals surface area contributed by atoms with E-state index in [0.717, 1.165) is 50.1 Å². The second-order valence-corrected chi connectivity index (χ2v) is 34.3. The second-order valence-electron chi connectivity index (χ2n) is 34.3. The van der Waals surface area contributed by atoms with Crippen LogP contribution in [0.1, 0.15) is 94.5 Å². The molecule has 2 aliphatic heterocycles. The van der Waals surface area contributed by atoms with Crippen LogP contribution in [-0.2, 0) is 21.7 Å². The van der Waals surface area contributed by atoms with E-state index in [-0.39, 0.29) is 10.8 Å². The maximum atomic E-state index is 5.21. The minimum atomic E-state index is -0.584. The number of hydrogen-bond donors (Lipinski definition) is 0. The van der Waals surface area contributed by atoms with Crippen LogP contribution in [0.15, 0.2) is 413 Å². The quantitative estimate of drug-likeness (QED) is 0.143. The Kier molecular flexibility index (Phi) is 16.3. The minimum Gasteiger partial charge on any atom is -0.309 e. The van der Waals surface area contributed by atoms with Gasteiger partial charge in [0.25, 0.3) is 0 Å². The molecule has 4 aliphatic rings. The molecule has 21 aromatic rings. The van der Waals surface area contributed by atoms with Crippen molar-refractivity contribution in [2.75, 3.05) is 0 Å². The summed E-state index contributed by atoms with van der Waals surface area (Å²) in [5.41, 5.74) is 34.1. The van der Waals surface area contributed by atoms with Gasteiger partial charge in [-0.25, -0.2) is 29.9 Å². The Morgan fingerprint density at radius 2 is 0.444 bits per heavy atom. The lowest BCUT2D eigenvalue weighted by atomic mass is 9.52. The highest BCUT2D eigenvalue weighted by atomic mass is 15.1. The van der Waals surface area contributed by atoms with Gasteiger partial charge in [-0.2, -0.15) is 0 Å². The number of hydrogen-bond acceptors (Lipinski definition) is 6. The van der Waals surface area contributed by atoms with Crippen LogP contribution in [0.4, 0.5) is 0 Å². The van der Waals surface area contributed by atoms with Gasteiger partial charge in [-0.15, -0.1) is 0 Å². The number of benzene rings is 17. The molecule has 6 heterocycles. The largest absolute Gasteiger partial charge is 0.309 e. The van der Waals surface area contributed by atoms with Crippen LogP contribution in [0.5, 0.6) is 0 Å². The summed E-state index contributed by atoms with van der Waals surface area (Å²) in [5.74, 6) is 3.86. The van der Waals surface area contributed by atoms with Crippen LogP contribution in [0.2, 0.25) is 0 Å². The monoisotopic (exact) mass is 1580 g/mol. The number of nitrogens with zero attached hydrogens (tertiary/aromatic N) is 8. The van der Waals surface area contributed by atoms with Gasteiger partial charge in [-0.05, 0) is 137 Å². The molecule has 124 heavy (non-hydrogen) atoms. The zero-order valence-electron chi connectivity index (χ0n) is 68.8. The van der Waals surface area contributed by atoms with Gasteiger partial charge >= 0.3 is 0 Å². The standard InChI is InChI=1S/C61H42N4.C55H38N4/c1-60(2)48-27-10-11-28-49(48)61(50-29-12-14-33-54(50)65-53-32-13-9-24-46(53)47-26-17-31-52(61)56(47)65)51-30-16-25-45(55(51)60)43-22-15-23-44(38-43)59-63-57(41-20-7-4-8-21-41)62-58(64-59)42-36-34-40(35-37-42)39-18-5-3-6-19-39;1-54(2)42-27-10-11-28-43(42)55(44-29-12-14-33-48(44)59-47-32-13-9-24-40(47)41-26-17-31-46(55)50(41)59)45-30-16-25-39(49(45)54)37-22-15-23-38(34-37)53-57-51(35-18-5-3-6-19-35)56-52(58-53)36-20-7-4-8-21-36/h3-38H,1-2H3;3-34H,1-2H3. The number of fused-ring (bicyclic) bond motifs is 22. The first-order valence-corrected chi connectivity index (χ1v) is 42.8. The Morgan fingerprint density at radius 3 is 0.847 bits per heavy atom. The number of para-hydroxylation sites is 6. The zero-order chi connectivity index (χ0) is 82.6. The third-order valence-electron chi connectivity index (χ3n) is 27.0. The molecule has 0 amide bonds. The molecule has 2 spiro atoms. The lowest BCUT2D eigenvalue weighted by Crippen LogP contribution is -2.44. The molecule has 2 unspecified atom stereocenters. The van der Waals surface area contributed by atoms with Gasteiger partial charge < -0.3 is 9.13 Å². The van der Waals surface area contributed by atoms with E-state index in [4.69, 9.17) is 29.9 Å². The summed E-state index contributed by atoms with van der Waals surface area (Å²) < 4.78 is 5.03. The van der Waals surface area contributed by atoms with Crippen molar-refractivity contribution in [3.63, 3.8) is 0 Å². The zero-order valence-corrected chi connectivity index (χ0v) is 68.8. The fraction of sp³-hybridized carbons (Fsp3) is 0.0690. The van der Waals surface area contributed by atoms with E-state index < -0.39 is 10.8 Å². The molecule has 2 atom stereocenters. The van der Waals surface area contributed by atoms with Gasteiger partial charge in [0.2, 0.25) is 0 Å². The molecule has 584 valence electrons. The summed E-state index contributed by atoms with van der Waals surface area (Å²) in [6.07, 6.45) is 0. The molecule has 25 rings (SSSR count). The normalized spacial score (nSPS) is 15.6. The van der Waals surface area contributed by atoms with Gasteiger partial charge in [0.05, 0.1) is 44.3 Å². The van der Waals surface area contributed by atoms with Crippen LogP contribution in [0.25, 0.3) is 157 Å². The average Bonchev–Trinajstić information content (AvgIpc) is 1.24. The predicted molar refractivity (Wildman–Crippen MR) is 505 cm³/mol. The molecule has 0 N–H and O–H groups in total. The maximum Gasteiger partial charge on any atom is 0.164 e. The molecular weight excluding hydrogens is 1510 g/mol. The number of rotatable bonds is 9. The van der Waals surface area contributed by atoms with Crippen LogP contribution >= 0.6 is 0 Å². The topological polar surface area (TPSA) is 87.2 Å². The molecule has 0 bridgehead atoms. The van der Waals surface area contributed by atoms with Crippen molar-refractivity contribution in [1.82, 2.24) is 39.0 Å². The fourth-order valence-corrected chi connectivity index (χ4v) is 21.8. The summed E-state index contributed by atoms with van der Waals surface area (Å²) in [7, 11) is 0. The molecule has 17 aromatic carbocycles. The highest BCUT2D eigenvalue weighted by Gasteiger charge is 2.55. The van der Waals surface area contributed by atoms with E-state index in [0.29, 0.717) is 34.9 Å². The summed E-state index contributed by atoms with van der Waals surface area (Å²) in [5, 5.41) is 5.10. The van der Waals surface area contributed by atoms with E-state index in [9.17, 15) is 0 Å². The van der Waals surface area contributed by atoms with Crippen LogP contribution < -0.4 is 0 Å². The molecule has 4 aromatic heterocycles. The van der Waals surface area contributed by atoms with Crippen molar-refractivity contribution in [2.24, 2.45) is 0 Å². The van der Waals surface area contributed by atoms with Gasteiger partial charge in [0.15, 0.2) is 34.9 Å². The Labute approximate surface area is 719 Å². The summed E-state index contributed by atoms with van der Waals surface area (Å²) in [6.45, 7) is 9.62. The molecule has 0 saturated carbocycles. The van der Waals surface area contributed by atoms with Crippen molar-refractivity contribution in [1.29, 1.82) is 0 Å². The maximum absolute atomic E-state index is 5.21.